The van der Waals surface area contributed by atoms with Gasteiger partial charge in [-0.1, -0.05) is 15.9 Å². The molecule has 6 nitrogen and oxygen atoms in total. The van der Waals surface area contributed by atoms with Crippen molar-refractivity contribution in [1.82, 2.24) is 5.32 Å². The molecule has 1 aromatic rings. The fraction of sp³-hybridized carbons (Fsp3) is 0.200. The summed E-state index contributed by atoms with van der Waals surface area (Å²) in [6, 6.07) is 4.63. The smallest absolute Gasteiger partial charge is 0.404 e. The number of carbonyl (C=O) groups is 2. The first kappa shape index (κ1) is 13.3. The number of anilines is 1. The molecule has 0 aliphatic rings. The maximum absolute atomic E-state index is 11.4. The summed E-state index contributed by atoms with van der Waals surface area (Å²) in [7, 11) is 0. The second kappa shape index (κ2) is 6.09. The van der Waals surface area contributed by atoms with Gasteiger partial charge in [0.2, 0.25) is 5.91 Å². The molecule has 0 fully saturated rings. The van der Waals surface area contributed by atoms with Gasteiger partial charge in [0.05, 0.1) is 5.69 Å². The molecule has 0 aliphatic carbocycles. The van der Waals surface area contributed by atoms with Crippen molar-refractivity contribution in [3.8, 4) is 5.75 Å². The number of carboxylic acid groups (broad SMARTS) is 1. The van der Waals surface area contributed by atoms with Crippen LogP contribution in [0.15, 0.2) is 22.7 Å². The molecule has 0 heterocycles. The number of aromatic hydroxyl groups is 1. The van der Waals surface area contributed by atoms with Crippen molar-refractivity contribution < 1.29 is 19.8 Å². The number of rotatable bonds is 4. The average Bonchev–Trinajstić information content (AvgIpc) is 2.23. The molecule has 17 heavy (non-hydrogen) atoms. The van der Waals surface area contributed by atoms with Crippen molar-refractivity contribution in [3.05, 3.63) is 22.7 Å². The van der Waals surface area contributed by atoms with Crippen molar-refractivity contribution in [2.45, 2.75) is 6.42 Å². The first-order chi connectivity index (χ1) is 7.99. The second-order valence-corrected chi connectivity index (χ2v) is 4.11. The molecule has 92 valence electrons. The van der Waals surface area contributed by atoms with Crippen molar-refractivity contribution >= 4 is 33.6 Å². The molecule has 0 bridgehead atoms. The SMILES string of the molecule is O=C(O)NCCC(=O)Nc1cc(Br)ccc1O. The fourth-order valence-corrected chi connectivity index (χ4v) is 1.47. The van der Waals surface area contributed by atoms with Crippen molar-refractivity contribution in [2.75, 3.05) is 11.9 Å². The zero-order valence-corrected chi connectivity index (χ0v) is 10.3. The molecule has 7 heteroatoms. The Morgan fingerprint density at radius 3 is 2.71 bits per heavy atom. The first-order valence-electron chi connectivity index (χ1n) is 4.74. The summed E-state index contributed by atoms with van der Waals surface area (Å²) in [5, 5.41) is 22.3. The predicted octanol–water partition coefficient (Wildman–Crippen LogP) is 1.75. The number of phenols is 1. The van der Waals surface area contributed by atoms with E-state index >= 15 is 0 Å². The van der Waals surface area contributed by atoms with E-state index in [1.54, 1.807) is 12.1 Å². The zero-order valence-electron chi connectivity index (χ0n) is 8.74. The normalized spacial score (nSPS) is 9.71. The summed E-state index contributed by atoms with van der Waals surface area (Å²) < 4.78 is 0.717. The van der Waals surface area contributed by atoms with E-state index in [1.807, 2.05) is 0 Å². The predicted molar refractivity (Wildman–Crippen MR) is 65.1 cm³/mol. The maximum atomic E-state index is 11.4. The first-order valence-corrected chi connectivity index (χ1v) is 5.53. The molecule has 0 aliphatic heterocycles. The topological polar surface area (TPSA) is 98.7 Å². The van der Waals surface area contributed by atoms with Gasteiger partial charge in [0.15, 0.2) is 0 Å². The minimum absolute atomic E-state index is 0.00173. The molecule has 0 atom stereocenters. The summed E-state index contributed by atoms with van der Waals surface area (Å²) >= 11 is 3.21. The van der Waals surface area contributed by atoms with Gasteiger partial charge in [-0.05, 0) is 18.2 Å². The van der Waals surface area contributed by atoms with Crippen LogP contribution in [0.4, 0.5) is 10.5 Å². The highest BCUT2D eigenvalue weighted by molar-refractivity contribution is 9.10. The van der Waals surface area contributed by atoms with Crippen LogP contribution in [0.25, 0.3) is 0 Å². The fourth-order valence-electron chi connectivity index (χ4n) is 1.10. The molecule has 0 saturated carbocycles. The lowest BCUT2D eigenvalue weighted by Crippen LogP contribution is -2.25. The Balaban J connectivity index is 2.50. The molecule has 0 aromatic heterocycles. The molecule has 2 amide bonds. The van der Waals surface area contributed by atoms with Crippen molar-refractivity contribution in [3.63, 3.8) is 0 Å². The molecule has 0 unspecified atom stereocenters. The van der Waals surface area contributed by atoms with Crippen LogP contribution in [0.1, 0.15) is 6.42 Å². The van der Waals surface area contributed by atoms with E-state index in [4.69, 9.17) is 5.11 Å². The van der Waals surface area contributed by atoms with Gasteiger partial charge in [-0.25, -0.2) is 4.79 Å². The lowest BCUT2D eigenvalue weighted by Gasteiger charge is -2.07. The summed E-state index contributed by atoms with van der Waals surface area (Å²) in [6.45, 7) is 0.0237. The third-order valence-electron chi connectivity index (χ3n) is 1.86. The average molecular weight is 303 g/mol. The Bertz CT molecular complexity index is 436. The molecule has 0 saturated heterocycles. The van der Waals surface area contributed by atoms with E-state index in [0.717, 1.165) is 0 Å². The molecular formula is C10H11BrN2O4. The lowest BCUT2D eigenvalue weighted by atomic mass is 10.3. The highest BCUT2D eigenvalue weighted by Crippen LogP contribution is 2.26. The van der Waals surface area contributed by atoms with Gasteiger partial charge < -0.3 is 20.8 Å². The zero-order chi connectivity index (χ0) is 12.8. The largest absolute Gasteiger partial charge is 0.506 e. The van der Waals surface area contributed by atoms with Crippen molar-refractivity contribution in [1.29, 1.82) is 0 Å². The highest BCUT2D eigenvalue weighted by Gasteiger charge is 2.07. The Kier molecular flexibility index (Phi) is 4.77. The van der Waals surface area contributed by atoms with Gasteiger partial charge in [0.1, 0.15) is 5.75 Å². The lowest BCUT2D eigenvalue weighted by molar-refractivity contribution is -0.116. The Morgan fingerprint density at radius 2 is 2.06 bits per heavy atom. The summed E-state index contributed by atoms with van der Waals surface area (Å²) in [4.78, 5) is 21.5. The number of carbonyl (C=O) groups excluding carboxylic acids is 1. The van der Waals surface area contributed by atoms with E-state index in [-0.39, 0.29) is 30.3 Å². The van der Waals surface area contributed by atoms with Gasteiger partial charge in [0, 0.05) is 17.4 Å². The molecule has 1 rings (SSSR count). The number of phenolic OH excluding ortho intramolecular Hbond substituents is 1. The molecular weight excluding hydrogens is 292 g/mol. The molecule has 0 spiro atoms. The summed E-state index contributed by atoms with van der Waals surface area (Å²) in [5.41, 5.74) is 0.278. The van der Waals surface area contributed by atoms with Crippen LogP contribution < -0.4 is 10.6 Å². The number of nitrogens with one attached hydrogen (secondary N) is 2. The second-order valence-electron chi connectivity index (χ2n) is 3.19. The number of hydrogen-bond acceptors (Lipinski definition) is 3. The monoisotopic (exact) mass is 302 g/mol. The maximum Gasteiger partial charge on any atom is 0.404 e. The Morgan fingerprint density at radius 1 is 1.35 bits per heavy atom. The van der Waals surface area contributed by atoms with Gasteiger partial charge in [-0.2, -0.15) is 0 Å². The van der Waals surface area contributed by atoms with E-state index in [1.165, 1.54) is 6.07 Å². The number of benzene rings is 1. The van der Waals surface area contributed by atoms with E-state index in [0.29, 0.717) is 4.47 Å². The number of amides is 2. The van der Waals surface area contributed by atoms with Gasteiger partial charge >= 0.3 is 6.09 Å². The minimum Gasteiger partial charge on any atom is -0.506 e. The Hall–Kier alpha value is -1.76. The Labute approximate surface area is 106 Å². The highest BCUT2D eigenvalue weighted by atomic mass is 79.9. The van der Waals surface area contributed by atoms with Crippen molar-refractivity contribution in [2.24, 2.45) is 0 Å². The van der Waals surface area contributed by atoms with Crippen LogP contribution in [0.5, 0.6) is 5.75 Å². The van der Waals surface area contributed by atoms with Crippen LogP contribution >= 0.6 is 15.9 Å². The molecule has 1 aromatic carbocycles. The van der Waals surface area contributed by atoms with Gasteiger partial charge in [0.25, 0.3) is 0 Å². The van der Waals surface area contributed by atoms with Gasteiger partial charge in [-0.3, -0.25) is 4.79 Å². The van der Waals surface area contributed by atoms with Crippen LogP contribution in [0, 0.1) is 0 Å². The molecule has 4 N–H and O–H groups in total. The standard InChI is InChI=1S/C10H11BrN2O4/c11-6-1-2-8(14)7(5-6)13-9(15)3-4-12-10(16)17/h1-2,5,12,14H,3-4H2,(H,13,15)(H,16,17). The third kappa shape index (κ3) is 4.73. The quantitative estimate of drug-likeness (QED) is 0.637. The van der Waals surface area contributed by atoms with Crippen LogP contribution in [0.2, 0.25) is 0 Å². The van der Waals surface area contributed by atoms with Crippen LogP contribution in [-0.4, -0.2) is 28.8 Å². The summed E-state index contributed by atoms with van der Waals surface area (Å²) in [6.07, 6.45) is -1.18. The third-order valence-corrected chi connectivity index (χ3v) is 2.35. The summed E-state index contributed by atoms with van der Waals surface area (Å²) in [5.74, 6) is -0.431. The minimum atomic E-state index is -1.18. The number of halogens is 1. The van der Waals surface area contributed by atoms with E-state index in [2.05, 4.69) is 26.6 Å². The van der Waals surface area contributed by atoms with E-state index < -0.39 is 6.09 Å². The van der Waals surface area contributed by atoms with Crippen LogP contribution in [-0.2, 0) is 4.79 Å². The molecule has 0 radical (unpaired) electrons. The van der Waals surface area contributed by atoms with Gasteiger partial charge in [-0.15, -0.1) is 0 Å². The van der Waals surface area contributed by atoms with Crippen LogP contribution in [0.3, 0.4) is 0 Å². The van der Waals surface area contributed by atoms with E-state index in [9.17, 15) is 14.7 Å². The number of hydrogen-bond donors (Lipinski definition) is 4.